The highest BCUT2D eigenvalue weighted by molar-refractivity contribution is 4.77. The zero-order valence-corrected chi connectivity index (χ0v) is 11.5. The normalized spacial score (nSPS) is 24.4. The highest BCUT2D eigenvalue weighted by Crippen LogP contribution is 2.24. The van der Waals surface area contributed by atoms with E-state index in [0.717, 1.165) is 12.5 Å². The van der Waals surface area contributed by atoms with Gasteiger partial charge in [-0.2, -0.15) is 0 Å². The third-order valence-electron chi connectivity index (χ3n) is 3.84. The molecule has 0 aliphatic carbocycles. The molecule has 1 fully saturated rings. The van der Waals surface area contributed by atoms with Crippen LogP contribution in [-0.4, -0.2) is 31.1 Å². The fraction of sp³-hybridized carbons (Fsp3) is 1.00. The van der Waals surface area contributed by atoms with Gasteiger partial charge in [-0.15, -0.1) is 0 Å². The van der Waals surface area contributed by atoms with Crippen molar-refractivity contribution in [1.29, 1.82) is 0 Å². The van der Waals surface area contributed by atoms with Crippen LogP contribution >= 0.6 is 0 Å². The van der Waals surface area contributed by atoms with Gasteiger partial charge in [0.25, 0.3) is 0 Å². The predicted molar refractivity (Wildman–Crippen MR) is 71.5 cm³/mol. The summed E-state index contributed by atoms with van der Waals surface area (Å²) in [5.41, 5.74) is 6.09. The second kappa shape index (κ2) is 6.61. The first-order chi connectivity index (χ1) is 7.57. The molecular formula is C14H30N2. The first-order valence-electron chi connectivity index (χ1n) is 7.00. The molecule has 1 aliphatic rings. The van der Waals surface area contributed by atoms with E-state index in [-0.39, 0.29) is 5.41 Å². The largest absolute Gasteiger partial charge is 0.330 e. The van der Waals surface area contributed by atoms with Gasteiger partial charge in [-0.1, -0.05) is 33.6 Å². The second-order valence-electron chi connectivity index (χ2n) is 6.23. The number of likely N-dealkylation sites (tertiary alicyclic amines) is 1. The van der Waals surface area contributed by atoms with Crippen molar-refractivity contribution in [2.45, 2.75) is 52.9 Å². The topological polar surface area (TPSA) is 29.3 Å². The Morgan fingerprint density at radius 2 is 2.00 bits per heavy atom. The molecule has 0 radical (unpaired) electrons. The van der Waals surface area contributed by atoms with Gasteiger partial charge in [0.1, 0.15) is 0 Å². The summed E-state index contributed by atoms with van der Waals surface area (Å²) in [7, 11) is 0. The standard InChI is InChI=1S/C14H30N2/c1-4-6-13-7-5-9-16(10-8-13)12-14(2,3)11-15/h13H,4-12,15H2,1-3H3. The zero-order valence-electron chi connectivity index (χ0n) is 11.5. The maximum Gasteiger partial charge on any atom is 0.00447 e. The van der Waals surface area contributed by atoms with Crippen LogP contribution in [0.3, 0.4) is 0 Å². The number of rotatable bonds is 5. The quantitative estimate of drug-likeness (QED) is 0.781. The molecule has 1 atom stereocenters. The fourth-order valence-electron chi connectivity index (χ4n) is 2.75. The summed E-state index contributed by atoms with van der Waals surface area (Å²) in [5, 5.41) is 0. The summed E-state index contributed by atoms with van der Waals surface area (Å²) >= 11 is 0. The van der Waals surface area contributed by atoms with E-state index in [1.807, 2.05) is 0 Å². The Kier molecular flexibility index (Phi) is 5.77. The van der Waals surface area contributed by atoms with Crippen molar-refractivity contribution in [3.05, 3.63) is 0 Å². The second-order valence-corrected chi connectivity index (χ2v) is 6.23. The summed E-state index contributed by atoms with van der Waals surface area (Å²) < 4.78 is 0. The zero-order chi connectivity index (χ0) is 12.0. The van der Waals surface area contributed by atoms with Crippen LogP contribution in [0.15, 0.2) is 0 Å². The summed E-state index contributed by atoms with van der Waals surface area (Å²) in [6.07, 6.45) is 6.99. The van der Waals surface area contributed by atoms with Gasteiger partial charge in [-0.3, -0.25) is 0 Å². The molecule has 96 valence electrons. The average molecular weight is 226 g/mol. The molecule has 1 aliphatic heterocycles. The van der Waals surface area contributed by atoms with Gasteiger partial charge >= 0.3 is 0 Å². The molecule has 0 bridgehead atoms. The number of nitrogens with zero attached hydrogens (tertiary/aromatic N) is 1. The number of hydrogen-bond donors (Lipinski definition) is 1. The molecule has 16 heavy (non-hydrogen) atoms. The third kappa shape index (κ3) is 4.84. The van der Waals surface area contributed by atoms with Gasteiger partial charge in [0.05, 0.1) is 0 Å². The minimum atomic E-state index is 0.282. The highest BCUT2D eigenvalue weighted by Gasteiger charge is 2.22. The minimum Gasteiger partial charge on any atom is -0.330 e. The van der Waals surface area contributed by atoms with Crippen molar-refractivity contribution in [3.8, 4) is 0 Å². The van der Waals surface area contributed by atoms with Gasteiger partial charge in [0.2, 0.25) is 0 Å². The molecule has 0 aromatic heterocycles. The predicted octanol–water partition coefficient (Wildman–Crippen LogP) is 2.87. The highest BCUT2D eigenvalue weighted by atomic mass is 15.1. The fourth-order valence-corrected chi connectivity index (χ4v) is 2.75. The molecule has 2 nitrogen and oxygen atoms in total. The number of hydrogen-bond acceptors (Lipinski definition) is 2. The van der Waals surface area contributed by atoms with Crippen LogP contribution in [0.5, 0.6) is 0 Å². The molecule has 2 heteroatoms. The molecule has 0 aromatic carbocycles. The molecule has 1 saturated heterocycles. The van der Waals surface area contributed by atoms with E-state index in [4.69, 9.17) is 5.73 Å². The van der Waals surface area contributed by atoms with Crippen molar-refractivity contribution < 1.29 is 0 Å². The van der Waals surface area contributed by atoms with Crippen molar-refractivity contribution >= 4 is 0 Å². The lowest BCUT2D eigenvalue weighted by atomic mass is 9.93. The Morgan fingerprint density at radius 1 is 1.25 bits per heavy atom. The van der Waals surface area contributed by atoms with Gasteiger partial charge in [0, 0.05) is 6.54 Å². The molecule has 1 unspecified atom stereocenters. The van der Waals surface area contributed by atoms with Gasteiger partial charge in [0.15, 0.2) is 0 Å². The molecule has 0 saturated carbocycles. The molecule has 2 N–H and O–H groups in total. The maximum atomic E-state index is 5.81. The van der Waals surface area contributed by atoms with E-state index in [9.17, 15) is 0 Å². The lowest BCUT2D eigenvalue weighted by Gasteiger charge is -2.31. The molecule has 1 rings (SSSR count). The van der Waals surface area contributed by atoms with E-state index in [0.29, 0.717) is 0 Å². The van der Waals surface area contributed by atoms with Crippen LogP contribution in [0.1, 0.15) is 52.9 Å². The summed E-state index contributed by atoms with van der Waals surface area (Å²) in [6, 6.07) is 0. The third-order valence-corrected chi connectivity index (χ3v) is 3.84. The summed E-state index contributed by atoms with van der Waals surface area (Å²) in [6.45, 7) is 11.4. The van der Waals surface area contributed by atoms with Crippen molar-refractivity contribution in [2.75, 3.05) is 26.2 Å². The Morgan fingerprint density at radius 3 is 2.62 bits per heavy atom. The van der Waals surface area contributed by atoms with E-state index in [1.165, 1.54) is 51.7 Å². The summed E-state index contributed by atoms with van der Waals surface area (Å²) in [4.78, 5) is 2.63. The van der Waals surface area contributed by atoms with Crippen LogP contribution in [0.4, 0.5) is 0 Å². The van der Waals surface area contributed by atoms with Crippen molar-refractivity contribution in [3.63, 3.8) is 0 Å². The van der Waals surface area contributed by atoms with E-state index >= 15 is 0 Å². The SMILES string of the molecule is CCCC1CCCN(CC(C)(C)CN)CC1. The van der Waals surface area contributed by atoms with Crippen LogP contribution in [-0.2, 0) is 0 Å². The molecule has 1 heterocycles. The Hall–Kier alpha value is -0.0800. The summed E-state index contributed by atoms with van der Waals surface area (Å²) in [5.74, 6) is 0.982. The number of nitrogens with two attached hydrogens (primary N) is 1. The van der Waals surface area contributed by atoms with Crippen LogP contribution in [0.2, 0.25) is 0 Å². The van der Waals surface area contributed by atoms with Crippen LogP contribution in [0.25, 0.3) is 0 Å². The Labute approximate surface area is 102 Å². The lowest BCUT2D eigenvalue weighted by Crippen LogP contribution is -2.39. The first-order valence-corrected chi connectivity index (χ1v) is 7.00. The molecular weight excluding hydrogens is 196 g/mol. The van der Waals surface area contributed by atoms with Gasteiger partial charge in [-0.05, 0) is 50.2 Å². The smallest absolute Gasteiger partial charge is 0.00447 e. The molecule has 0 aromatic rings. The van der Waals surface area contributed by atoms with Crippen LogP contribution in [0, 0.1) is 11.3 Å². The molecule has 0 amide bonds. The van der Waals surface area contributed by atoms with E-state index in [1.54, 1.807) is 0 Å². The van der Waals surface area contributed by atoms with Crippen molar-refractivity contribution in [1.82, 2.24) is 4.90 Å². The Bertz CT molecular complexity index is 189. The van der Waals surface area contributed by atoms with Gasteiger partial charge < -0.3 is 10.6 Å². The maximum absolute atomic E-state index is 5.81. The van der Waals surface area contributed by atoms with Crippen molar-refractivity contribution in [2.24, 2.45) is 17.1 Å². The van der Waals surface area contributed by atoms with Gasteiger partial charge in [-0.25, -0.2) is 0 Å². The minimum absolute atomic E-state index is 0.282. The lowest BCUT2D eigenvalue weighted by molar-refractivity contribution is 0.186. The van der Waals surface area contributed by atoms with Crippen LogP contribution < -0.4 is 5.73 Å². The van der Waals surface area contributed by atoms with E-state index in [2.05, 4.69) is 25.7 Å². The average Bonchev–Trinajstić information content (AvgIpc) is 2.44. The first kappa shape index (κ1) is 14.0. The monoisotopic (exact) mass is 226 g/mol. The van der Waals surface area contributed by atoms with E-state index < -0.39 is 0 Å². The Balaban J connectivity index is 2.35. The molecule has 0 spiro atoms.